The molecule has 4 aliphatic rings. The van der Waals surface area contributed by atoms with Crippen LogP contribution in [0.25, 0.3) is 0 Å². The molecule has 7 atom stereocenters. The molecule has 1 spiro atoms. The van der Waals surface area contributed by atoms with Crippen LogP contribution in [0.3, 0.4) is 0 Å². The van der Waals surface area contributed by atoms with E-state index in [0.717, 1.165) is 25.7 Å². The predicted molar refractivity (Wildman–Crippen MR) is 152 cm³/mol. The third-order valence-corrected chi connectivity index (χ3v) is 9.55. The van der Waals surface area contributed by atoms with Gasteiger partial charge in [-0.2, -0.15) is 0 Å². The number of likely N-dealkylation sites (tertiary alicyclic amines) is 1. The van der Waals surface area contributed by atoms with Gasteiger partial charge in [0, 0.05) is 15.5 Å². The van der Waals surface area contributed by atoms with Crippen molar-refractivity contribution in [2.45, 2.75) is 56.4 Å². The molecule has 3 amide bonds. The largest absolute Gasteiger partial charge is 0.360 e. The van der Waals surface area contributed by atoms with Crippen molar-refractivity contribution in [3.05, 3.63) is 75.5 Å². The Bertz CT molecular complexity index is 1390. The topological polar surface area (TPSA) is 87.7 Å². The number of hydrogen-bond donors (Lipinski definition) is 2. The Morgan fingerprint density at radius 1 is 1.18 bits per heavy atom. The minimum Gasteiger partial charge on any atom is -0.360 e. The maximum atomic E-state index is 14.5. The molecule has 10 heteroatoms. The average Bonchev–Trinajstić information content (AvgIpc) is 3.57. The first kappa shape index (κ1) is 27.4. The number of anilines is 1. The number of nitrogens with zero attached hydrogens (tertiary/aromatic N) is 1. The number of amides is 3. The van der Waals surface area contributed by atoms with E-state index in [2.05, 4.69) is 33.5 Å². The number of ether oxygens (including phenoxy) is 1. The molecule has 2 saturated heterocycles. The lowest BCUT2D eigenvalue weighted by atomic mass is 9.76. The van der Waals surface area contributed by atoms with Gasteiger partial charge in [-0.3, -0.25) is 14.4 Å². The van der Waals surface area contributed by atoms with Crippen LogP contribution in [0.1, 0.15) is 44.2 Å². The fourth-order valence-corrected chi connectivity index (χ4v) is 7.22. The molecule has 7 nitrogen and oxygen atoms in total. The standard InChI is InChI=1S/C30H30BrClFN3O4/c1-16-4-2-3-5-21(16)34-28(38)26(17-6-9-19(32)10-7-17)36-15-30-13-12-23(40-30)24(25(30)29(36)39)27(37)35-22-11-8-18(31)14-20(22)33/h6-14,16,21,23-26H,2-5,15H2,1H3,(H,34,38)(H,35,37)/t16-,21+,23+,24-,25+,26-,30-/m1/s1. The number of hydrogen-bond acceptors (Lipinski definition) is 4. The van der Waals surface area contributed by atoms with Crippen LogP contribution in [-0.2, 0) is 19.1 Å². The molecule has 1 aliphatic carbocycles. The van der Waals surface area contributed by atoms with Crippen LogP contribution in [0.5, 0.6) is 0 Å². The first-order valence-electron chi connectivity index (χ1n) is 13.7. The second-order valence-electron chi connectivity index (χ2n) is 11.3. The Hall–Kier alpha value is -2.75. The molecule has 6 rings (SSSR count). The van der Waals surface area contributed by atoms with Crippen LogP contribution in [-0.4, -0.2) is 46.9 Å². The average molecular weight is 631 g/mol. The van der Waals surface area contributed by atoms with Crippen LogP contribution in [0.15, 0.2) is 59.1 Å². The summed E-state index contributed by atoms with van der Waals surface area (Å²) in [6.07, 6.45) is 7.14. The summed E-state index contributed by atoms with van der Waals surface area (Å²) >= 11 is 9.36. The van der Waals surface area contributed by atoms with Crippen molar-refractivity contribution in [1.29, 1.82) is 0 Å². The maximum absolute atomic E-state index is 14.5. The van der Waals surface area contributed by atoms with Crippen molar-refractivity contribution in [2.75, 3.05) is 11.9 Å². The number of carbonyl (C=O) groups excluding carboxylic acids is 3. The van der Waals surface area contributed by atoms with Crippen molar-refractivity contribution >= 4 is 50.9 Å². The van der Waals surface area contributed by atoms with Gasteiger partial charge < -0.3 is 20.3 Å². The summed E-state index contributed by atoms with van der Waals surface area (Å²) in [7, 11) is 0. The van der Waals surface area contributed by atoms with E-state index in [-0.39, 0.29) is 30.1 Å². The molecule has 40 heavy (non-hydrogen) atoms. The molecule has 2 N–H and O–H groups in total. The maximum Gasteiger partial charge on any atom is 0.247 e. The molecule has 0 radical (unpaired) electrons. The third kappa shape index (κ3) is 4.76. The molecular formula is C30H30BrClFN3O4. The lowest BCUT2D eigenvalue weighted by molar-refractivity contribution is -0.142. The number of carbonyl (C=O) groups is 3. The summed E-state index contributed by atoms with van der Waals surface area (Å²) in [4.78, 5) is 43.0. The highest BCUT2D eigenvalue weighted by molar-refractivity contribution is 9.10. The summed E-state index contributed by atoms with van der Waals surface area (Å²) in [6, 6.07) is 10.4. The lowest BCUT2D eigenvalue weighted by Crippen LogP contribution is -2.49. The summed E-state index contributed by atoms with van der Waals surface area (Å²) in [5.41, 5.74) is -0.381. The second kappa shape index (κ2) is 10.6. The van der Waals surface area contributed by atoms with Gasteiger partial charge >= 0.3 is 0 Å². The van der Waals surface area contributed by atoms with Crippen LogP contribution < -0.4 is 10.6 Å². The Labute approximate surface area is 245 Å². The van der Waals surface area contributed by atoms with E-state index >= 15 is 0 Å². The summed E-state index contributed by atoms with van der Waals surface area (Å²) in [5, 5.41) is 6.38. The highest BCUT2D eigenvalue weighted by Crippen LogP contribution is 2.53. The van der Waals surface area contributed by atoms with Crippen molar-refractivity contribution in [3.63, 3.8) is 0 Å². The molecule has 0 aromatic heterocycles. The fourth-order valence-electron chi connectivity index (χ4n) is 6.76. The van der Waals surface area contributed by atoms with Gasteiger partial charge in [0.1, 0.15) is 17.5 Å². The number of rotatable bonds is 6. The van der Waals surface area contributed by atoms with Crippen LogP contribution in [0, 0.1) is 23.6 Å². The van der Waals surface area contributed by atoms with Crippen LogP contribution in [0.2, 0.25) is 5.02 Å². The molecular weight excluding hydrogens is 601 g/mol. The van der Waals surface area contributed by atoms with E-state index in [1.807, 2.05) is 6.08 Å². The predicted octanol–water partition coefficient (Wildman–Crippen LogP) is 5.40. The molecule has 3 fully saturated rings. The van der Waals surface area contributed by atoms with Crippen molar-refractivity contribution in [2.24, 2.45) is 17.8 Å². The van der Waals surface area contributed by atoms with Gasteiger partial charge in [-0.1, -0.05) is 71.6 Å². The van der Waals surface area contributed by atoms with Gasteiger partial charge in [0.05, 0.1) is 30.2 Å². The number of nitrogens with one attached hydrogen (secondary N) is 2. The first-order chi connectivity index (χ1) is 19.2. The molecule has 2 aromatic rings. The minimum absolute atomic E-state index is 0.0244. The Kier molecular flexibility index (Phi) is 7.25. The van der Waals surface area contributed by atoms with Gasteiger partial charge in [-0.15, -0.1) is 0 Å². The highest BCUT2D eigenvalue weighted by Gasteiger charge is 2.68. The van der Waals surface area contributed by atoms with E-state index in [0.29, 0.717) is 21.0 Å². The molecule has 3 heterocycles. The zero-order valence-corrected chi connectivity index (χ0v) is 24.3. The summed E-state index contributed by atoms with van der Waals surface area (Å²) < 4.78 is 21.3. The van der Waals surface area contributed by atoms with Gasteiger partial charge in [0.15, 0.2) is 0 Å². The first-order valence-corrected chi connectivity index (χ1v) is 14.8. The molecule has 210 valence electrons. The monoisotopic (exact) mass is 629 g/mol. The van der Waals surface area contributed by atoms with Crippen LogP contribution >= 0.6 is 27.5 Å². The van der Waals surface area contributed by atoms with Crippen LogP contribution in [0.4, 0.5) is 10.1 Å². The van der Waals surface area contributed by atoms with Gasteiger partial charge in [0.25, 0.3) is 0 Å². The number of halogens is 3. The molecule has 1 saturated carbocycles. The fraction of sp³-hybridized carbons (Fsp3) is 0.433. The SMILES string of the molecule is C[C@@H]1CCCC[C@@H]1NC(=O)[C@@H](c1ccc(Cl)cc1)N1C[C@@]23C=C[C@H](O2)[C@@H](C(=O)Nc2ccc(Br)cc2F)[C@H]3C1=O. The second-order valence-corrected chi connectivity index (χ2v) is 12.7. The van der Waals surface area contributed by atoms with E-state index in [1.165, 1.54) is 17.0 Å². The quantitative estimate of drug-likeness (QED) is 0.419. The third-order valence-electron chi connectivity index (χ3n) is 8.81. The zero-order chi connectivity index (χ0) is 28.2. The minimum atomic E-state index is -1.04. The van der Waals surface area contributed by atoms with Gasteiger partial charge in [-0.05, 0) is 54.7 Å². The Balaban J connectivity index is 1.29. The molecule has 2 bridgehead atoms. The molecule has 3 aliphatic heterocycles. The Morgan fingerprint density at radius 2 is 1.93 bits per heavy atom. The summed E-state index contributed by atoms with van der Waals surface area (Å²) in [5.74, 6) is -3.05. The normalized spacial score (nSPS) is 31.2. The Morgan fingerprint density at radius 3 is 2.65 bits per heavy atom. The number of fused-ring (bicyclic) bond motifs is 1. The van der Waals surface area contributed by atoms with Gasteiger partial charge in [-0.25, -0.2) is 4.39 Å². The number of benzene rings is 2. The van der Waals surface area contributed by atoms with E-state index in [9.17, 15) is 18.8 Å². The summed E-state index contributed by atoms with van der Waals surface area (Å²) in [6.45, 7) is 2.27. The lowest BCUT2D eigenvalue weighted by Gasteiger charge is -2.34. The van der Waals surface area contributed by atoms with Crippen molar-refractivity contribution < 1.29 is 23.5 Å². The molecule has 0 unspecified atom stereocenters. The van der Waals surface area contributed by atoms with Crippen molar-refractivity contribution in [3.8, 4) is 0 Å². The molecule has 2 aromatic carbocycles. The zero-order valence-electron chi connectivity index (χ0n) is 21.9. The smallest absolute Gasteiger partial charge is 0.247 e. The van der Waals surface area contributed by atoms with E-state index in [4.69, 9.17) is 16.3 Å². The highest BCUT2D eigenvalue weighted by atomic mass is 79.9. The van der Waals surface area contributed by atoms with Crippen molar-refractivity contribution in [1.82, 2.24) is 10.2 Å². The van der Waals surface area contributed by atoms with E-state index in [1.54, 1.807) is 36.4 Å². The van der Waals surface area contributed by atoms with E-state index < -0.39 is 41.3 Å². The van der Waals surface area contributed by atoms with Gasteiger partial charge in [0.2, 0.25) is 17.7 Å².